The number of fused-ring (bicyclic) bond motifs is 5. The second-order valence-electron chi connectivity index (χ2n) is 11.8. The quantitative estimate of drug-likeness (QED) is 0.506. The summed E-state index contributed by atoms with van der Waals surface area (Å²) in [5.41, 5.74) is 2.60. The number of methoxy groups -OCH3 is 2. The normalized spacial score (nSPS) is 28.4. The van der Waals surface area contributed by atoms with E-state index in [0.29, 0.717) is 23.3 Å². The van der Waals surface area contributed by atoms with E-state index < -0.39 is 16.9 Å². The summed E-state index contributed by atoms with van der Waals surface area (Å²) < 4.78 is 10.9. The fourth-order valence-electron chi connectivity index (χ4n) is 7.98. The van der Waals surface area contributed by atoms with E-state index in [-0.39, 0.29) is 24.2 Å². The number of carboxylic acid groups (broad SMARTS) is 1. The van der Waals surface area contributed by atoms with Gasteiger partial charge in [-0.25, -0.2) is 0 Å². The molecule has 2 saturated carbocycles. The molecular formula is C31H39NO5. The highest BCUT2D eigenvalue weighted by Crippen LogP contribution is 2.64. The molecule has 198 valence electrons. The highest BCUT2D eigenvalue weighted by atomic mass is 16.5. The Labute approximate surface area is 219 Å². The van der Waals surface area contributed by atoms with Gasteiger partial charge < -0.3 is 19.9 Å². The van der Waals surface area contributed by atoms with Crippen molar-refractivity contribution in [3.05, 3.63) is 59.2 Å². The second kappa shape index (κ2) is 9.70. The smallest absolute Gasteiger partial charge is 0.303 e. The molecule has 0 radical (unpaired) electrons. The zero-order valence-corrected chi connectivity index (χ0v) is 22.4. The Morgan fingerprint density at radius 2 is 1.73 bits per heavy atom. The Kier molecular flexibility index (Phi) is 6.71. The zero-order valence-electron chi connectivity index (χ0n) is 22.4. The maximum Gasteiger partial charge on any atom is 0.303 e. The molecule has 5 rings (SSSR count). The lowest BCUT2D eigenvalue weighted by molar-refractivity contribution is -0.146. The average Bonchev–Trinajstić information content (AvgIpc) is 3.26. The molecule has 6 heteroatoms. The van der Waals surface area contributed by atoms with Crippen molar-refractivity contribution in [3.63, 3.8) is 0 Å². The summed E-state index contributed by atoms with van der Waals surface area (Å²) in [4.78, 5) is 26.2. The monoisotopic (exact) mass is 505 g/mol. The minimum atomic E-state index is -0.795. The van der Waals surface area contributed by atoms with Gasteiger partial charge >= 0.3 is 5.97 Å². The minimum Gasteiger partial charge on any atom is -0.497 e. The summed E-state index contributed by atoms with van der Waals surface area (Å²) >= 11 is 0. The Morgan fingerprint density at radius 1 is 1.03 bits per heavy atom. The number of amides is 1. The number of benzene rings is 2. The molecule has 0 aliphatic heterocycles. The van der Waals surface area contributed by atoms with E-state index in [2.05, 4.69) is 29.6 Å². The van der Waals surface area contributed by atoms with Gasteiger partial charge in [-0.2, -0.15) is 0 Å². The van der Waals surface area contributed by atoms with Crippen LogP contribution in [0.25, 0.3) is 0 Å². The topological polar surface area (TPSA) is 84.9 Å². The van der Waals surface area contributed by atoms with Crippen LogP contribution in [0.4, 0.5) is 0 Å². The number of aliphatic carboxylic acids is 1. The summed E-state index contributed by atoms with van der Waals surface area (Å²) in [6, 6.07) is 14.4. The van der Waals surface area contributed by atoms with Gasteiger partial charge in [-0.05, 0) is 104 Å². The van der Waals surface area contributed by atoms with Crippen LogP contribution in [0.3, 0.4) is 0 Å². The van der Waals surface area contributed by atoms with Crippen LogP contribution in [-0.2, 0) is 21.5 Å². The van der Waals surface area contributed by atoms with E-state index in [4.69, 9.17) is 9.47 Å². The Morgan fingerprint density at radius 3 is 2.41 bits per heavy atom. The van der Waals surface area contributed by atoms with Gasteiger partial charge in [0, 0.05) is 12.0 Å². The zero-order chi connectivity index (χ0) is 26.4. The number of aryl methyl sites for hydroxylation is 1. The van der Waals surface area contributed by atoms with Crippen molar-refractivity contribution in [1.29, 1.82) is 0 Å². The van der Waals surface area contributed by atoms with Crippen molar-refractivity contribution >= 4 is 11.9 Å². The van der Waals surface area contributed by atoms with Crippen LogP contribution in [0, 0.1) is 23.2 Å². The molecule has 5 atom stereocenters. The lowest BCUT2D eigenvalue weighted by atomic mass is 9.52. The summed E-state index contributed by atoms with van der Waals surface area (Å²) in [5.74, 6) is 1.36. The molecule has 37 heavy (non-hydrogen) atoms. The van der Waals surface area contributed by atoms with E-state index in [1.54, 1.807) is 14.2 Å². The van der Waals surface area contributed by atoms with Gasteiger partial charge in [0.05, 0.1) is 26.2 Å². The van der Waals surface area contributed by atoms with E-state index in [9.17, 15) is 14.7 Å². The van der Waals surface area contributed by atoms with Crippen molar-refractivity contribution in [2.45, 2.75) is 70.3 Å². The molecule has 0 heterocycles. The summed E-state index contributed by atoms with van der Waals surface area (Å²) in [5, 5.41) is 13.3. The molecule has 0 aromatic heterocycles. The number of ether oxygens (including phenoxy) is 2. The first kappa shape index (κ1) is 25.6. The summed E-state index contributed by atoms with van der Waals surface area (Å²) in [6.07, 6.45) is 5.58. The molecule has 2 fully saturated rings. The van der Waals surface area contributed by atoms with Gasteiger partial charge in [-0.3, -0.25) is 9.59 Å². The third kappa shape index (κ3) is 4.49. The van der Waals surface area contributed by atoms with Crippen molar-refractivity contribution < 1.29 is 24.2 Å². The van der Waals surface area contributed by atoms with Crippen LogP contribution in [0.1, 0.15) is 75.0 Å². The molecule has 3 aliphatic carbocycles. The molecular weight excluding hydrogens is 466 g/mol. The van der Waals surface area contributed by atoms with Gasteiger partial charge in [-0.1, -0.05) is 24.3 Å². The fourth-order valence-corrected chi connectivity index (χ4v) is 7.98. The molecule has 0 saturated heterocycles. The van der Waals surface area contributed by atoms with Gasteiger partial charge in [0.1, 0.15) is 11.5 Å². The molecule has 2 aromatic carbocycles. The van der Waals surface area contributed by atoms with Crippen molar-refractivity contribution in [2.24, 2.45) is 23.2 Å². The summed E-state index contributed by atoms with van der Waals surface area (Å²) in [7, 11) is 3.22. The number of nitrogens with one attached hydrogen (secondary N) is 1. The Bertz CT molecular complexity index is 1170. The minimum absolute atomic E-state index is 0.0369. The van der Waals surface area contributed by atoms with Gasteiger partial charge in [0.25, 0.3) is 0 Å². The number of hydrogen-bond acceptors (Lipinski definition) is 4. The van der Waals surface area contributed by atoms with Crippen LogP contribution in [0.5, 0.6) is 11.5 Å². The van der Waals surface area contributed by atoms with Crippen LogP contribution >= 0.6 is 0 Å². The third-order valence-corrected chi connectivity index (χ3v) is 9.66. The van der Waals surface area contributed by atoms with E-state index >= 15 is 0 Å². The average molecular weight is 506 g/mol. The molecule has 0 bridgehead atoms. The molecule has 3 aliphatic rings. The Balaban J connectivity index is 1.43. The van der Waals surface area contributed by atoms with Crippen molar-refractivity contribution in [2.75, 3.05) is 14.2 Å². The lowest BCUT2D eigenvalue weighted by Gasteiger charge is -2.52. The van der Waals surface area contributed by atoms with E-state index in [1.807, 2.05) is 32.0 Å². The fraction of sp³-hybridized carbons (Fsp3) is 0.548. The highest BCUT2D eigenvalue weighted by Gasteiger charge is 2.60. The van der Waals surface area contributed by atoms with Crippen molar-refractivity contribution in [3.8, 4) is 11.5 Å². The maximum absolute atomic E-state index is 14.0. The predicted octanol–water partition coefficient (Wildman–Crippen LogP) is 5.68. The highest BCUT2D eigenvalue weighted by molar-refractivity contribution is 5.82. The largest absolute Gasteiger partial charge is 0.497 e. The molecule has 6 nitrogen and oxygen atoms in total. The van der Waals surface area contributed by atoms with Crippen molar-refractivity contribution in [1.82, 2.24) is 5.32 Å². The van der Waals surface area contributed by atoms with Crippen LogP contribution < -0.4 is 14.8 Å². The number of carboxylic acids is 1. The number of carbonyl (C=O) groups excluding carboxylic acids is 1. The van der Waals surface area contributed by atoms with Gasteiger partial charge in [-0.15, -0.1) is 0 Å². The second-order valence-corrected chi connectivity index (χ2v) is 11.8. The number of rotatable bonds is 7. The van der Waals surface area contributed by atoms with Crippen LogP contribution in [-0.4, -0.2) is 31.2 Å². The number of carbonyl (C=O) groups is 2. The first-order valence-electron chi connectivity index (χ1n) is 13.5. The lowest BCUT2D eigenvalue weighted by Crippen LogP contribution is -2.51. The maximum atomic E-state index is 14.0. The molecule has 2 N–H and O–H groups in total. The standard InChI is InChI=1S/C31H39NO5/c1-30(2,20-15-21(36-3)17-22(16-20)37-4)32-29(35)27-12-11-26-25-10-9-19-7-5-6-8-23(19)24(25)13-14-31(26,27)18-28(33)34/h5-8,15-17,24-27H,9-14,18H2,1-4H3,(H,32,35)(H,33,34)/t24-,25-,26+,27?,31-/m1/s1. The molecule has 0 spiro atoms. The Hall–Kier alpha value is -3.02. The van der Waals surface area contributed by atoms with E-state index in [1.165, 1.54) is 11.1 Å². The predicted molar refractivity (Wildman–Crippen MR) is 142 cm³/mol. The van der Waals surface area contributed by atoms with Gasteiger partial charge in [0.15, 0.2) is 0 Å². The van der Waals surface area contributed by atoms with Gasteiger partial charge in [0.2, 0.25) is 5.91 Å². The molecule has 1 unspecified atom stereocenters. The van der Waals surface area contributed by atoms with E-state index in [0.717, 1.165) is 44.1 Å². The van der Waals surface area contributed by atoms with Crippen LogP contribution in [0.2, 0.25) is 0 Å². The van der Waals surface area contributed by atoms with Crippen LogP contribution in [0.15, 0.2) is 42.5 Å². The third-order valence-electron chi connectivity index (χ3n) is 9.66. The first-order chi connectivity index (χ1) is 17.7. The summed E-state index contributed by atoms with van der Waals surface area (Å²) in [6.45, 7) is 3.95. The molecule has 1 amide bonds. The first-order valence-corrected chi connectivity index (χ1v) is 13.5. The molecule has 2 aromatic rings. The SMILES string of the molecule is COc1cc(OC)cc(C(C)(C)NC(=O)C2CC[C@H]3[C@@H]4CCc5ccccc5[C@H]4CC[C@]23CC(=O)O)c1. The number of hydrogen-bond donors (Lipinski definition) is 2.